The molecule has 0 saturated carbocycles. The number of ether oxygens (including phenoxy) is 1. The Balaban J connectivity index is 1.52. The number of hydrogen-bond donors (Lipinski definition) is 1. The number of carbonyl (C=O) groups is 2. The third-order valence-corrected chi connectivity index (χ3v) is 5.42. The SMILES string of the molecule is O=C([O-])C1CC(O)CCN1C(=O)OCC1c2ccccc2-c2ccccc21. The van der Waals surface area contributed by atoms with Gasteiger partial charge in [-0.25, -0.2) is 4.79 Å². The van der Waals surface area contributed by atoms with Gasteiger partial charge >= 0.3 is 6.09 Å². The van der Waals surface area contributed by atoms with E-state index in [4.69, 9.17) is 4.74 Å². The van der Waals surface area contributed by atoms with E-state index in [0.29, 0.717) is 6.42 Å². The number of carboxylic acids is 1. The molecule has 0 aromatic heterocycles. The summed E-state index contributed by atoms with van der Waals surface area (Å²) in [5, 5.41) is 21.0. The summed E-state index contributed by atoms with van der Waals surface area (Å²) in [5.41, 5.74) is 4.44. The van der Waals surface area contributed by atoms with Gasteiger partial charge < -0.3 is 19.7 Å². The molecule has 6 heteroatoms. The van der Waals surface area contributed by atoms with Gasteiger partial charge in [-0.05, 0) is 35.1 Å². The van der Waals surface area contributed by atoms with E-state index < -0.39 is 24.2 Å². The molecule has 1 N–H and O–H groups in total. The van der Waals surface area contributed by atoms with Gasteiger partial charge in [-0.1, -0.05) is 48.5 Å². The number of likely N-dealkylation sites (tertiary alicyclic amines) is 1. The zero-order valence-corrected chi connectivity index (χ0v) is 14.7. The Bertz CT molecular complexity index is 835. The van der Waals surface area contributed by atoms with Gasteiger partial charge in [0.15, 0.2) is 0 Å². The smallest absolute Gasteiger partial charge is 0.410 e. The minimum atomic E-state index is -1.37. The van der Waals surface area contributed by atoms with Crippen molar-refractivity contribution in [3.8, 4) is 11.1 Å². The van der Waals surface area contributed by atoms with Crippen molar-refractivity contribution in [1.82, 2.24) is 4.90 Å². The topological polar surface area (TPSA) is 89.9 Å². The van der Waals surface area contributed by atoms with Gasteiger partial charge in [0.1, 0.15) is 6.61 Å². The van der Waals surface area contributed by atoms with Crippen LogP contribution in [-0.2, 0) is 9.53 Å². The van der Waals surface area contributed by atoms with Crippen LogP contribution in [0.5, 0.6) is 0 Å². The summed E-state index contributed by atoms with van der Waals surface area (Å²) in [6.45, 7) is 0.266. The fourth-order valence-corrected chi connectivity index (χ4v) is 4.07. The number of fused-ring (bicyclic) bond motifs is 3. The molecule has 1 aliphatic heterocycles. The fraction of sp³-hybridized carbons (Fsp3) is 0.333. The molecule has 1 heterocycles. The molecule has 1 amide bonds. The molecular weight excluding hydrogens is 346 g/mol. The minimum Gasteiger partial charge on any atom is -0.548 e. The number of carboxylic acid groups (broad SMARTS) is 1. The maximum atomic E-state index is 12.5. The van der Waals surface area contributed by atoms with E-state index in [1.165, 1.54) is 0 Å². The Morgan fingerprint density at radius 1 is 1.07 bits per heavy atom. The average Bonchev–Trinajstić information content (AvgIpc) is 3.00. The highest BCUT2D eigenvalue weighted by molar-refractivity contribution is 5.80. The second kappa shape index (κ2) is 7.04. The van der Waals surface area contributed by atoms with Crippen molar-refractivity contribution in [2.24, 2.45) is 0 Å². The molecule has 1 saturated heterocycles. The lowest BCUT2D eigenvalue weighted by Crippen LogP contribution is -2.55. The second-order valence-electron chi connectivity index (χ2n) is 7.01. The quantitative estimate of drug-likeness (QED) is 0.889. The maximum Gasteiger partial charge on any atom is 0.410 e. The predicted molar refractivity (Wildman–Crippen MR) is 95.8 cm³/mol. The summed E-state index contributed by atoms with van der Waals surface area (Å²) >= 11 is 0. The minimum absolute atomic E-state index is 0.0352. The predicted octanol–water partition coefficient (Wildman–Crippen LogP) is 1.51. The summed E-state index contributed by atoms with van der Waals surface area (Å²) in [5.74, 6) is -1.46. The number of nitrogens with zero attached hydrogens (tertiary/aromatic N) is 1. The molecule has 0 spiro atoms. The number of aliphatic carboxylic acids is 1. The molecule has 6 nitrogen and oxygen atoms in total. The summed E-state index contributed by atoms with van der Waals surface area (Å²) in [6, 6.07) is 14.9. The zero-order valence-electron chi connectivity index (χ0n) is 14.7. The van der Waals surface area contributed by atoms with E-state index in [1.807, 2.05) is 48.5 Å². The number of aliphatic hydroxyl groups is 1. The van der Waals surface area contributed by atoms with Gasteiger partial charge in [0.25, 0.3) is 0 Å². The highest BCUT2D eigenvalue weighted by Crippen LogP contribution is 2.44. The zero-order chi connectivity index (χ0) is 19.0. The number of hydrogen-bond acceptors (Lipinski definition) is 5. The van der Waals surface area contributed by atoms with Crippen LogP contribution < -0.4 is 5.11 Å². The number of piperidine rings is 1. The van der Waals surface area contributed by atoms with Crippen LogP contribution in [0.1, 0.15) is 29.9 Å². The Morgan fingerprint density at radius 2 is 1.67 bits per heavy atom. The Labute approximate surface area is 157 Å². The molecule has 2 aromatic rings. The van der Waals surface area contributed by atoms with Crippen LogP contribution in [0.15, 0.2) is 48.5 Å². The first-order valence-corrected chi connectivity index (χ1v) is 9.07. The largest absolute Gasteiger partial charge is 0.548 e. The first-order valence-electron chi connectivity index (χ1n) is 9.07. The molecule has 2 atom stereocenters. The lowest BCUT2D eigenvalue weighted by atomic mass is 9.98. The maximum absolute atomic E-state index is 12.5. The number of benzene rings is 2. The van der Waals surface area contributed by atoms with E-state index in [2.05, 4.69) is 0 Å². The van der Waals surface area contributed by atoms with Crippen molar-refractivity contribution >= 4 is 12.1 Å². The Hall–Kier alpha value is -2.86. The Kier molecular flexibility index (Phi) is 4.58. The van der Waals surface area contributed by atoms with Crippen LogP contribution >= 0.6 is 0 Å². The van der Waals surface area contributed by atoms with E-state index in [0.717, 1.165) is 27.2 Å². The van der Waals surface area contributed by atoms with Crippen molar-refractivity contribution in [2.75, 3.05) is 13.2 Å². The monoisotopic (exact) mass is 366 g/mol. The molecular formula is C21H20NO5-. The van der Waals surface area contributed by atoms with Gasteiger partial charge in [-0.15, -0.1) is 0 Å². The third-order valence-electron chi connectivity index (χ3n) is 5.42. The van der Waals surface area contributed by atoms with E-state index in [1.54, 1.807) is 0 Å². The van der Waals surface area contributed by atoms with E-state index >= 15 is 0 Å². The first kappa shape index (κ1) is 17.5. The second-order valence-corrected chi connectivity index (χ2v) is 7.01. The number of amides is 1. The molecule has 0 bridgehead atoms. The van der Waals surface area contributed by atoms with Crippen LogP contribution in [0.3, 0.4) is 0 Å². The van der Waals surface area contributed by atoms with Crippen LogP contribution in [0.2, 0.25) is 0 Å². The standard InChI is InChI=1S/C21H21NO5/c23-13-9-10-22(19(11-13)20(24)25)21(26)27-12-18-16-7-3-1-5-14(16)15-6-2-4-8-17(15)18/h1-8,13,18-19,23H,9-12H2,(H,24,25)/p-1. The summed E-state index contributed by atoms with van der Waals surface area (Å²) < 4.78 is 5.51. The van der Waals surface area contributed by atoms with Gasteiger partial charge in [-0.2, -0.15) is 0 Å². The first-order chi connectivity index (χ1) is 13.1. The summed E-state index contributed by atoms with van der Waals surface area (Å²) in [6.07, 6.45) is -1.14. The molecule has 1 aliphatic carbocycles. The molecule has 27 heavy (non-hydrogen) atoms. The highest BCUT2D eigenvalue weighted by Gasteiger charge is 2.34. The van der Waals surface area contributed by atoms with Crippen molar-refractivity contribution in [3.63, 3.8) is 0 Å². The molecule has 140 valence electrons. The molecule has 1 fully saturated rings. The average molecular weight is 366 g/mol. The van der Waals surface area contributed by atoms with Crippen molar-refractivity contribution in [2.45, 2.75) is 30.9 Å². The van der Waals surface area contributed by atoms with Crippen LogP contribution in [-0.4, -0.2) is 47.4 Å². The Morgan fingerprint density at radius 3 is 2.26 bits per heavy atom. The van der Waals surface area contributed by atoms with Crippen molar-refractivity contribution < 1.29 is 24.5 Å². The molecule has 2 aromatic carbocycles. The molecule has 2 unspecified atom stereocenters. The fourth-order valence-electron chi connectivity index (χ4n) is 4.07. The van der Waals surface area contributed by atoms with Crippen LogP contribution in [0.25, 0.3) is 11.1 Å². The van der Waals surface area contributed by atoms with Gasteiger partial charge in [-0.3, -0.25) is 4.90 Å². The summed E-state index contributed by atoms with van der Waals surface area (Å²) in [4.78, 5) is 25.0. The number of rotatable bonds is 3. The van der Waals surface area contributed by atoms with E-state index in [9.17, 15) is 19.8 Å². The number of carbonyl (C=O) groups excluding carboxylic acids is 2. The van der Waals surface area contributed by atoms with E-state index in [-0.39, 0.29) is 25.5 Å². The molecule has 4 rings (SSSR count). The van der Waals surface area contributed by atoms with Crippen LogP contribution in [0, 0.1) is 0 Å². The summed E-state index contributed by atoms with van der Waals surface area (Å²) in [7, 11) is 0. The normalized spacial score (nSPS) is 21.4. The van der Waals surface area contributed by atoms with Crippen molar-refractivity contribution in [1.29, 1.82) is 0 Å². The molecule has 2 aliphatic rings. The molecule has 0 radical (unpaired) electrons. The van der Waals surface area contributed by atoms with Crippen LogP contribution in [0.4, 0.5) is 4.79 Å². The number of aliphatic hydroxyl groups excluding tert-OH is 1. The highest BCUT2D eigenvalue weighted by atomic mass is 16.6. The van der Waals surface area contributed by atoms with Crippen molar-refractivity contribution in [3.05, 3.63) is 59.7 Å². The lowest BCUT2D eigenvalue weighted by molar-refractivity contribution is -0.312. The van der Waals surface area contributed by atoms with Gasteiger partial charge in [0.05, 0.1) is 18.1 Å². The van der Waals surface area contributed by atoms with Gasteiger partial charge in [0, 0.05) is 12.5 Å². The lowest BCUT2D eigenvalue weighted by Gasteiger charge is -2.37. The third kappa shape index (κ3) is 3.17. The van der Waals surface area contributed by atoms with Gasteiger partial charge in [0.2, 0.25) is 0 Å².